The van der Waals surface area contributed by atoms with Gasteiger partial charge in [-0.3, -0.25) is 5.84 Å². The van der Waals surface area contributed by atoms with Crippen molar-refractivity contribution in [2.24, 2.45) is 11.6 Å². The fourth-order valence-corrected chi connectivity index (χ4v) is 1.12. The summed E-state index contributed by atoms with van der Waals surface area (Å²) in [5.74, 6) is 5.24. The highest BCUT2D eigenvalue weighted by Crippen LogP contribution is 2.14. The van der Waals surface area contributed by atoms with Gasteiger partial charge in [0.2, 0.25) is 0 Å². The van der Waals surface area contributed by atoms with Gasteiger partial charge in [0.25, 0.3) is 0 Å². The van der Waals surface area contributed by atoms with E-state index < -0.39 is 0 Å². The van der Waals surface area contributed by atoms with Crippen LogP contribution in [0, 0.1) is 0 Å². The van der Waals surface area contributed by atoms with Crippen molar-refractivity contribution in [3.63, 3.8) is 0 Å². The van der Waals surface area contributed by atoms with Crippen molar-refractivity contribution in [2.75, 3.05) is 0 Å². The summed E-state index contributed by atoms with van der Waals surface area (Å²) in [6, 6.07) is 7.69. The molecule has 0 heterocycles. The first kappa shape index (κ1) is 9.09. The molecule has 0 atom stereocenters. The van der Waals surface area contributed by atoms with E-state index in [4.69, 9.17) is 11.6 Å². The minimum absolute atomic E-state index is 0.711. The zero-order valence-corrected chi connectivity index (χ0v) is 8.01. The summed E-state index contributed by atoms with van der Waals surface area (Å²) >= 11 is 3.34. The first-order valence-electron chi connectivity index (χ1n) is 3.42. The summed E-state index contributed by atoms with van der Waals surface area (Å²) in [6.07, 6.45) is 1.43. The van der Waals surface area contributed by atoms with E-state index in [2.05, 4.69) is 21.4 Å². The number of nitrogens with one attached hydrogen (secondary N) is 1. The lowest BCUT2D eigenvalue weighted by atomic mass is 10.2. The molecule has 0 unspecified atom stereocenters. The molecule has 1 aromatic rings. The van der Waals surface area contributed by atoms with Crippen molar-refractivity contribution >= 4 is 21.6 Å². The van der Waals surface area contributed by atoms with E-state index in [1.807, 2.05) is 24.3 Å². The van der Waals surface area contributed by atoms with Gasteiger partial charge in [-0.1, -0.05) is 28.1 Å². The lowest BCUT2D eigenvalue weighted by molar-refractivity contribution is 0.987. The van der Waals surface area contributed by atoms with E-state index in [0.29, 0.717) is 5.70 Å². The molecule has 0 radical (unpaired) electrons. The largest absolute Gasteiger partial charge is 0.403 e. The molecule has 4 heteroatoms. The molecular formula is C8H10BrN3. The highest BCUT2D eigenvalue weighted by Gasteiger charge is 1.96. The topological polar surface area (TPSA) is 64.1 Å². The Morgan fingerprint density at radius 2 is 1.92 bits per heavy atom. The number of hydrazine groups is 1. The normalized spacial score (nSPS) is 11.3. The van der Waals surface area contributed by atoms with E-state index in [1.54, 1.807) is 0 Å². The quantitative estimate of drug-likeness (QED) is 0.525. The maximum absolute atomic E-state index is 5.34. The number of hydrogen-bond acceptors (Lipinski definition) is 3. The maximum atomic E-state index is 5.34. The average Bonchev–Trinajstić information content (AvgIpc) is 2.10. The molecule has 3 nitrogen and oxygen atoms in total. The smallest absolute Gasteiger partial charge is 0.0713 e. The molecule has 1 aromatic carbocycles. The monoisotopic (exact) mass is 227 g/mol. The number of rotatable bonds is 2. The van der Waals surface area contributed by atoms with Crippen LogP contribution in [0.5, 0.6) is 0 Å². The van der Waals surface area contributed by atoms with Crippen LogP contribution in [0.15, 0.2) is 34.9 Å². The summed E-state index contributed by atoms with van der Waals surface area (Å²) in [7, 11) is 0. The summed E-state index contributed by atoms with van der Waals surface area (Å²) in [4.78, 5) is 0. The molecule has 0 aliphatic rings. The third kappa shape index (κ3) is 1.99. The van der Waals surface area contributed by atoms with E-state index >= 15 is 0 Å². The third-order valence-electron chi connectivity index (χ3n) is 1.48. The van der Waals surface area contributed by atoms with Gasteiger partial charge in [0.05, 0.1) is 5.70 Å². The highest BCUT2D eigenvalue weighted by atomic mass is 79.9. The molecule has 0 saturated heterocycles. The molecule has 12 heavy (non-hydrogen) atoms. The molecule has 1 rings (SSSR count). The van der Waals surface area contributed by atoms with E-state index in [9.17, 15) is 0 Å². The van der Waals surface area contributed by atoms with E-state index in [-0.39, 0.29) is 0 Å². The Hall–Kier alpha value is -1.00. The van der Waals surface area contributed by atoms with Gasteiger partial charge in [0.15, 0.2) is 0 Å². The van der Waals surface area contributed by atoms with Crippen LogP contribution in [0.1, 0.15) is 5.56 Å². The van der Waals surface area contributed by atoms with Crippen LogP contribution in [0.4, 0.5) is 0 Å². The van der Waals surface area contributed by atoms with E-state index in [0.717, 1.165) is 10.0 Å². The van der Waals surface area contributed by atoms with Crippen molar-refractivity contribution < 1.29 is 0 Å². The maximum Gasteiger partial charge on any atom is 0.0713 e. The van der Waals surface area contributed by atoms with Crippen LogP contribution in [-0.2, 0) is 0 Å². The first-order chi connectivity index (χ1) is 5.77. The van der Waals surface area contributed by atoms with Crippen LogP contribution in [0.25, 0.3) is 5.70 Å². The minimum Gasteiger partial charge on any atom is -0.403 e. The van der Waals surface area contributed by atoms with Crippen LogP contribution in [0.3, 0.4) is 0 Å². The van der Waals surface area contributed by atoms with Gasteiger partial charge in [-0.25, -0.2) is 0 Å². The van der Waals surface area contributed by atoms with Crippen LogP contribution < -0.4 is 17.0 Å². The fraction of sp³-hybridized carbons (Fsp3) is 0. The second-order valence-corrected chi connectivity index (χ2v) is 3.15. The fourth-order valence-electron chi connectivity index (χ4n) is 0.857. The van der Waals surface area contributed by atoms with Gasteiger partial charge < -0.3 is 11.2 Å². The second kappa shape index (κ2) is 4.13. The summed E-state index contributed by atoms with van der Waals surface area (Å²) in [5.41, 5.74) is 9.52. The SMILES string of the molecule is N/C=C(\NN)c1ccc(Br)cc1. The van der Waals surface area contributed by atoms with Gasteiger partial charge in [0, 0.05) is 16.2 Å². The Morgan fingerprint density at radius 3 is 2.33 bits per heavy atom. The van der Waals surface area contributed by atoms with Gasteiger partial charge in [0.1, 0.15) is 0 Å². The zero-order chi connectivity index (χ0) is 8.97. The summed E-state index contributed by atoms with van der Waals surface area (Å²) in [6.45, 7) is 0. The average molecular weight is 228 g/mol. The molecule has 5 N–H and O–H groups in total. The molecule has 64 valence electrons. The Balaban J connectivity index is 2.96. The predicted molar refractivity (Wildman–Crippen MR) is 53.6 cm³/mol. The molecule has 0 saturated carbocycles. The standard InChI is InChI=1S/C8H10BrN3/c9-7-3-1-6(2-4-7)8(5-10)12-11/h1-5,12H,10-11H2/b8-5-. The van der Waals surface area contributed by atoms with Crippen molar-refractivity contribution in [1.82, 2.24) is 5.43 Å². The Morgan fingerprint density at radius 1 is 1.33 bits per heavy atom. The van der Waals surface area contributed by atoms with Crippen LogP contribution in [0.2, 0.25) is 0 Å². The van der Waals surface area contributed by atoms with Gasteiger partial charge in [-0.05, 0) is 12.1 Å². The second-order valence-electron chi connectivity index (χ2n) is 2.23. The zero-order valence-electron chi connectivity index (χ0n) is 6.42. The number of benzene rings is 1. The number of hydrogen-bond donors (Lipinski definition) is 3. The Labute approximate surface area is 79.5 Å². The molecule has 0 spiro atoms. The van der Waals surface area contributed by atoms with Crippen molar-refractivity contribution in [2.45, 2.75) is 0 Å². The molecule has 0 amide bonds. The first-order valence-corrected chi connectivity index (χ1v) is 4.21. The molecule has 0 fully saturated rings. The highest BCUT2D eigenvalue weighted by molar-refractivity contribution is 9.10. The Kier molecular flexibility index (Phi) is 3.13. The minimum atomic E-state index is 0.711. The predicted octanol–water partition coefficient (Wildman–Crippen LogP) is 1.17. The van der Waals surface area contributed by atoms with Gasteiger partial charge >= 0.3 is 0 Å². The lowest BCUT2D eigenvalue weighted by Crippen LogP contribution is -2.20. The van der Waals surface area contributed by atoms with E-state index in [1.165, 1.54) is 6.20 Å². The van der Waals surface area contributed by atoms with Crippen LogP contribution >= 0.6 is 15.9 Å². The molecular weight excluding hydrogens is 218 g/mol. The van der Waals surface area contributed by atoms with Crippen molar-refractivity contribution in [3.8, 4) is 0 Å². The number of halogens is 1. The Bertz CT molecular complexity index is 279. The van der Waals surface area contributed by atoms with Gasteiger partial charge in [-0.2, -0.15) is 0 Å². The molecule has 0 aliphatic heterocycles. The lowest BCUT2D eigenvalue weighted by Gasteiger charge is -2.04. The van der Waals surface area contributed by atoms with Crippen LogP contribution in [-0.4, -0.2) is 0 Å². The third-order valence-corrected chi connectivity index (χ3v) is 2.01. The van der Waals surface area contributed by atoms with Crippen molar-refractivity contribution in [3.05, 3.63) is 40.5 Å². The molecule has 0 aliphatic carbocycles. The van der Waals surface area contributed by atoms with Crippen molar-refractivity contribution in [1.29, 1.82) is 0 Å². The summed E-state index contributed by atoms with van der Waals surface area (Å²) in [5, 5.41) is 0. The molecule has 0 bridgehead atoms. The van der Waals surface area contributed by atoms with Gasteiger partial charge in [-0.15, -0.1) is 0 Å². The number of nitrogens with two attached hydrogens (primary N) is 2. The summed E-state index contributed by atoms with van der Waals surface area (Å²) < 4.78 is 1.03. The molecule has 0 aromatic heterocycles.